The summed E-state index contributed by atoms with van der Waals surface area (Å²) in [6, 6.07) is 0. The number of halogens is 1. The van der Waals surface area contributed by atoms with Gasteiger partial charge in [0.25, 0.3) is 0 Å². The molecule has 3 heteroatoms. The minimum Gasteiger partial charge on any atom is -0.326 e. The van der Waals surface area contributed by atoms with Crippen LogP contribution in [-0.4, -0.2) is 60.6 Å². The highest BCUT2D eigenvalue weighted by molar-refractivity contribution is 14.1. The first-order valence-electron chi connectivity index (χ1n) is 9.24. The SMILES string of the molecule is CN(CCCCCI)CCCCCC[N+]1(C)CCCCC1. The highest BCUT2D eigenvalue weighted by Crippen LogP contribution is 2.17. The predicted octanol–water partition coefficient (Wildman–Crippen LogP) is 4.71. The summed E-state index contributed by atoms with van der Waals surface area (Å²) in [7, 11) is 4.77. The number of quaternary nitrogens is 1. The monoisotopic (exact) mass is 409 g/mol. The van der Waals surface area contributed by atoms with E-state index in [1.54, 1.807) is 0 Å². The Morgan fingerprint density at radius 3 is 2.00 bits per heavy atom. The van der Waals surface area contributed by atoms with Crippen molar-refractivity contribution in [3.8, 4) is 0 Å². The molecule has 0 bridgehead atoms. The zero-order valence-electron chi connectivity index (χ0n) is 14.6. The Morgan fingerprint density at radius 1 is 0.810 bits per heavy atom. The van der Waals surface area contributed by atoms with Gasteiger partial charge in [-0.1, -0.05) is 35.4 Å². The molecule has 0 aliphatic carbocycles. The molecule has 0 amide bonds. The van der Waals surface area contributed by atoms with Crippen molar-refractivity contribution in [2.75, 3.05) is 51.2 Å². The minimum absolute atomic E-state index is 1.30. The highest BCUT2D eigenvalue weighted by Gasteiger charge is 2.23. The molecule has 21 heavy (non-hydrogen) atoms. The minimum atomic E-state index is 1.30. The van der Waals surface area contributed by atoms with Gasteiger partial charge in [0.05, 0.1) is 26.7 Å². The van der Waals surface area contributed by atoms with Gasteiger partial charge < -0.3 is 9.38 Å². The van der Waals surface area contributed by atoms with E-state index < -0.39 is 0 Å². The Balaban J connectivity index is 1.89. The molecule has 0 saturated carbocycles. The molecule has 0 aromatic heterocycles. The van der Waals surface area contributed by atoms with E-state index in [1.165, 1.54) is 106 Å². The summed E-state index contributed by atoms with van der Waals surface area (Å²) < 4.78 is 2.68. The Kier molecular flexibility index (Phi) is 11.4. The van der Waals surface area contributed by atoms with Gasteiger partial charge in [-0.3, -0.25) is 0 Å². The van der Waals surface area contributed by atoms with Gasteiger partial charge in [-0.2, -0.15) is 0 Å². The van der Waals surface area contributed by atoms with E-state index in [4.69, 9.17) is 0 Å². The Labute approximate surface area is 147 Å². The van der Waals surface area contributed by atoms with Crippen LogP contribution >= 0.6 is 22.6 Å². The normalized spacial score (nSPS) is 18.3. The van der Waals surface area contributed by atoms with Crippen LogP contribution < -0.4 is 0 Å². The molecule has 0 aromatic rings. The maximum Gasteiger partial charge on any atom is 0.0784 e. The maximum atomic E-state index is 2.53. The summed E-state index contributed by atoms with van der Waals surface area (Å²) >= 11 is 2.48. The van der Waals surface area contributed by atoms with Crippen molar-refractivity contribution < 1.29 is 4.48 Å². The molecule has 1 aliphatic heterocycles. The fraction of sp³-hybridized carbons (Fsp3) is 1.00. The zero-order valence-corrected chi connectivity index (χ0v) is 16.7. The average molecular weight is 409 g/mol. The third-order valence-electron chi connectivity index (χ3n) is 5.06. The van der Waals surface area contributed by atoms with E-state index in [2.05, 4.69) is 41.6 Å². The number of rotatable bonds is 12. The number of unbranched alkanes of at least 4 members (excludes halogenated alkanes) is 5. The van der Waals surface area contributed by atoms with Crippen LogP contribution in [0.25, 0.3) is 0 Å². The molecular formula is C18H38IN2+. The van der Waals surface area contributed by atoms with Crippen molar-refractivity contribution in [1.29, 1.82) is 0 Å². The van der Waals surface area contributed by atoms with Crippen molar-refractivity contribution in [1.82, 2.24) is 4.90 Å². The molecule has 126 valence electrons. The summed E-state index contributed by atoms with van der Waals surface area (Å²) in [5.74, 6) is 0. The predicted molar refractivity (Wildman–Crippen MR) is 103 cm³/mol. The van der Waals surface area contributed by atoms with Crippen LogP contribution in [-0.2, 0) is 0 Å². The lowest BCUT2D eigenvalue weighted by atomic mass is 10.1. The summed E-state index contributed by atoms with van der Waals surface area (Å²) in [6.07, 6.45) is 14.3. The van der Waals surface area contributed by atoms with Gasteiger partial charge in [-0.25, -0.2) is 0 Å². The van der Waals surface area contributed by atoms with Gasteiger partial charge >= 0.3 is 0 Å². The van der Waals surface area contributed by atoms with Crippen molar-refractivity contribution >= 4 is 22.6 Å². The third-order valence-corrected chi connectivity index (χ3v) is 5.82. The molecule has 1 aliphatic rings. The van der Waals surface area contributed by atoms with Gasteiger partial charge in [0.2, 0.25) is 0 Å². The second-order valence-corrected chi connectivity index (χ2v) is 8.40. The van der Waals surface area contributed by atoms with Crippen LogP contribution in [0.15, 0.2) is 0 Å². The van der Waals surface area contributed by atoms with Crippen LogP contribution in [0.3, 0.4) is 0 Å². The van der Waals surface area contributed by atoms with E-state index in [-0.39, 0.29) is 0 Å². The quantitative estimate of drug-likeness (QED) is 0.195. The summed E-state index contributed by atoms with van der Waals surface area (Å²) in [4.78, 5) is 2.53. The molecule has 1 saturated heterocycles. The smallest absolute Gasteiger partial charge is 0.0784 e. The van der Waals surface area contributed by atoms with Crippen molar-refractivity contribution in [2.24, 2.45) is 0 Å². The highest BCUT2D eigenvalue weighted by atomic mass is 127. The van der Waals surface area contributed by atoms with E-state index in [0.29, 0.717) is 0 Å². The molecule has 0 N–H and O–H groups in total. The largest absolute Gasteiger partial charge is 0.326 e. The molecule has 0 atom stereocenters. The molecular weight excluding hydrogens is 371 g/mol. The zero-order chi connectivity index (χ0) is 15.4. The van der Waals surface area contributed by atoms with Crippen LogP contribution in [0.2, 0.25) is 0 Å². The molecule has 0 aromatic carbocycles. The molecule has 2 nitrogen and oxygen atoms in total. The van der Waals surface area contributed by atoms with E-state index in [0.717, 1.165) is 0 Å². The lowest BCUT2D eigenvalue weighted by Crippen LogP contribution is -2.48. The molecule has 1 rings (SSSR count). The number of likely N-dealkylation sites (tertiary alicyclic amines) is 1. The number of piperidine rings is 1. The topological polar surface area (TPSA) is 3.24 Å². The number of hydrogen-bond acceptors (Lipinski definition) is 1. The lowest BCUT2D eigenvalue weighted by Gasteiger charge is -2.37. The van der Waals surface area contributed by atoms with Crippen molar-refractivity contribution in [2.45, 2.75) is 64.2 Å². The van der Waals surface area contributed by atoms with Gasteiger partial charge in [0.15, 0.2) is 0 Å². The van der Waals surface area contributed by atoms with Crippen LogP contribution in [0.4, 0.5) is 0 Å². The van der Waals surface area contributed by atoms with Crippen LogP contribution in [0.5, 0.6) is 0 Å². The van der Waals surface area contributed by atoms with Crippen molar-refractivity contribution in [3.05, 3.63) is 0 Å². The first-order chi connectivity index (χ1) is 10.2. The molecule has 0 radical (unpaired) electrons. The maximum absolute atomic E-state index is 2.53. The van der Waals surface area contributed by atoms with Crippen LogP contribution in [0, 0.1) is 0 Å². The first-order valence-corrected chi connectivity index (χ1v) is 10.8. The fourth-order valence-electron chi connectivity index (χ4n) is 3.49. The number of nitrogens with zero attached hydrogens (tertiary/aromatic N) is 2. The van der Waals surface area contributed by atoms with Gasteiger partial charge in [0.1, 0.15) is 0 Å². The molecule has 0 spiro atoms. The summed E-state index contributed by atoms with van der Waals surface area (Å²) in [5, 5.41) is 0. The Morgan fingerprint density at radius 2 is 1.38 bits per heavy atom. The summed E-state index contributed by atoms with van der Waals surface area (Å²) in [5.41, 5.74) is 0. The lowest BCUT2D eigenvalue weighted by molar-refractivity contribution is -0.914. The Bertz CT molecular complexity index is 239. The first kappa shape index (κ1) is 19.7. The van der Waals surface area contributed by atoms with E-state index >= 15 is 0 Å². The number of hydrogen-bond donors (Lipinski definition) is 0. The number of alkyl halides is 1. The van der Waals surface area contributed by atoms with Crippen LogP contribution in [0.1, 0.15) is 64.2 Å². The van der Waals surface area contributed by atoms with E-state index in [9.17, 15) is 0 Å². The van der Waals surface area contributed by atoms with Crippen molar-refractivity contribution in [3.63, 3.8) is 0 Å². The van der Waals surface area contributed by atoms with E-state index in [1.807, 2.05) is 0 Å². The second kappa shape index (κ2) is 12.1. The summed E-state index contributed by atoms with van der Waals surface area (Å²) in [6.45, 7) is 6.88. The Hall–Kier alpha value is 0.650. The molecule has 1 heterocycles. The fourth-order valence-corrected chi connectivity index (χ4v) is 4.03. The molecule has 1 fully saturated rings. The molecule has 0 unspecified atom stereocenters. The van der Waals surface area contributed by atoms with Gasteiger partial charge in [-0.05, 0) is 75.9 Å². The van der Waals surface area contributed by atoms with Gasteiger partial charge in [-0.15, -0.1) is 0 Å². The van der Waals surface area contributed by atoms with Gasteiger partial charge in [0, 0.05) is 0 Å². The third kappa shape index (κ3) is 10.1. The standard InChI is InChI=1S/C18H38IN2/c1-20(15-9-5-7-13-19)14-8-3-4-10-16-21(2)17-11-6-12-18-21/h3-18H2,1-2H3/q+1. The second-order valence-electron chi connectivity index (χ2n) is 7.32. The average Bonchev–Trinajstić information content (AvgIpc) is 2.48.